The third kappa shape index (κ3) is 2.12. The fourth-order valence-electron chi connectivity index (χ4n) is 2.60. The summed E-state index contributed by atoms with van der Waals surface area (Å²) in [5.41, 5.74) is 10.2. The molecule has 2 N–H and O–H groups in total. The number of hydrogen-bond acceptors (Lipinski definition) is 2. The van der Waals surface area contributed by atoms with Gasteiger partial charge in [-0.15, -0.1) is 0 Å². The third-order valence-corrected chi connectivity index (χ3v) is 3.55. The van der Waals surface area contributed by atoms with Crippen molar-refractivity contribution in [3.8, 4) is 0 Å². The minimum absolute atomic E-state index is 0.00421. The molecule has 2 nitrogen and oxygen atoms in total. The third-order valence-electron chi connectivity index (χ3n) is 3.55. The summed E-state index contributed by atoms with van der Waals surface area (Å²) in [6.07, 6.45) is 10.9. The van der Waals surface area contributed by atoms with Crippen LogP contribution in [-0.4, -0.2) is 11.1 Å². The minimum atomic E-state index is -0.00421. The SMILES string of the molecule is NC1C=CC2=C(CCC=C2)N1Cc1ccccc1. The molecule has 0 bridgehead atoms. The molecule has 0 aromatic heterocycles. The van der Waals surface area contributed by atoms with Gasteiger partial charge in [0.1, 0.15) is 0 Å². The van der Waals surface area contributed by atoms with E-state index in [0.717, 1.165) is 19.4 Å². The number of hydrogen-bond donors (Lipinski definition) is 1. The highest BCUT2D eigenvalue weighted by atomic mass is 15.2. The van der Waals surface area contributed by atoms with Gasteiger partial charge >= 0.3 is 0 Å². The van der Waals surface area contributed by atoms with Gasteiger partial charge in [0, 0.05) is 12.2 Å². The summed E-state index contributed by atoms with van der Waals surface area (Å²) in [6.45, 7) is 0.888. The Bertz CT molecular complexity index is 511. The van der Waals surface area contributed by atoms with E-state index >= 15 is 0 Å². The largest absolute Gasteiger partial charge is 0.351 e. The molecule has 0 spiro atoms. The normalized spacial score (nSPS) is 22.3. The predicted molar refractivity (Wildman–Crippen MR) is 74.5 cm³/mol. The van der Waals surface area contributed by atoms with Crippen LogP contribution in [0.1, 0.15) is 18.4 Å². The van der Waals surface area contributed by atoms with Gasteiger partial charge in [0.05, 0.1) is 6.17 Å². The van der Waals surface area contributed by atoms with Gasteiger partial charge in [-0.1, -0.05) is 48.6 Å². The maximum Gasteiger partial charge on any atom is 0.0965 e. The second-order valence-corrected chi connectivity index (χ2v) is 4.81. The second-order valence-electron chi connectivity index (χ2n) is 4.81. The first-order chi connectivity index (χ1) is 8.84. The van der Waals surface area contributed by atoms with E-state index in [0.29, 0.717) is 0 Å². The molecule has 1 heterocycles. The van der Waals surface area contributed by atoms with Crippen molar-refractivity contribution in [2.75, 3.05) is 0 Å². The molecule has 92 valence electrons. The maximum atomic E-state index is 6.21. The van der Waals surface area contributed by atoms with Crippen LogP contribution < -0.4 is 5.73 Å². The topological polar surface area (TPSA) is 29.3 Å². The number of rotatable bonds is 2. The number of nitrogens with zero attached hydrogens (tertiary/aromatic N) is 1. The van der Waals surface area contributed by atoms with Crippen LogP contribution in [0.15, 0.2) is 65.9 Å². The first-order valence-corrected chi connectivity index (χ1v) is 6.48. The minimum Gasteiger partial charge on any atom is -0.351 e. The Morgan fingerprint density at radius 2 is 2.00 bits per heavy atom. The molecule has 0 amide bonds. The van der Waals surface area contributed by atoms with Crippen molar-refractivity contribution in [1.29, 1.82) is 0 Å². The molecule has 1 aromatic carbocycles. The van der Waals surface area contributed by atoms with Crippen LogP contribution in [0.5, 0.6) is 0 Å². The average Bonchev–Trinajstić information content (AvgIpc) is 2.43. The Kier molecular flexibility index (Phi) is 3.03. The van der Waals surface area contributed by atoms with E-state index in [-0.39, 0.29) is 6.17 Å². The van der Waals surface area contributed by atoms with Crippen molar-refractivity contribution in [3.05, 3.63) is 71.5 Å². The van der Waals surface area contributed by atoms with E-state index in [9.17, 15) is 0 Å². The molecule has 0 fully saturated rings. The Balaban J connectivity index is 1.88. The molecule has 18 heavy (non-hydrogen) atoms. The van der Waals surface area contributed by atoms with Gasteiger partial charge in [-0.25, -0.2) is 0 Å². The summed E-state index contributed by atoms with van der Waals surface area (Å²) in [7, 11) is 0. The Morgan fingerprint density at radius 1 is 1.17 bits per heavy atom. The van der Waals surface area contributed by atoms with E-state index in [2.05, 4.69) is 53.5 Å². The summed E-state index contributed by atoms with van der Waals surface area (Å²) in [5.74, 6) is 0. The van der Waals surface area contributed by atoms with Crippen LogP contribution in [0, 0.1) is 0 Å². The Morgan fingerprint density at radius 3 is 2.83 bits per heavy atom. The van der Waals surface area contributed by atoms with Crippen LogP contribution in [-0.2, 0) is 6.54 Å². The summed E-state index contributed by atoms with van der Waals surface area (Å²) in [4.78, 5) is 2.31. The monoisotopic (exact) mass is 238 g/mol. The van der Waals surface area contributed by atoms with E-state index in [1.54, 1.807) is 0 Å². The zero-order valence-electron chi connectivity index (χ0n) is 10.4. The van der Waals surface area contributed by atoms with E-state index in [1.165, 1.54) is 16.8 Å². The van der Waals surface area contributed by atoms with Crippen molar-refractivity contribution in [2.45, 2.75) is 25.6 Å². The molecule has 0 saturated carbocycles. The first-order valence-electron chi connectivity index (χ1n) is 6.48. The summed E-state index contributed by atoms with van der Waals surface area (Å²) in [6, 6.07) is 10.5. The fraction of sp³-hybridized carbons (Fsp3) is 0.250. The maximum absolute atomic E-state index is 6.21. The van der Waals surface area contributed by atoms with Crippen LogP contribution in [0.3, 0.4) is 0 Å². The molecule has 3 rings (SSSR count). The number of allylic oxidation sites excluding steroid dienone is 5. The lowest BCUT2D eigenvalue weighted by Crippen LogP contribution is -2.41. The molecule has 0 saturated heterocycles. The average molecular weight is 238 g/mol. The van der Waals surface area contributed by atoms with E-state index in [1.807, 2.05) is 6.07 Å². The van der Waals surface area contributed by atoms with Gasteiger partial charge in [0.2, 0.25) is 0 Å². The summed E-state index contributed by atoms with van der Waals surface area (Å²) < 4.78 is 0. The van der Waals surface area contributed by atoms with Gasteiger partial charge in [0.15, 0.2) is 0 Å². The Labute approximate surface area is 108 Å². The molecule has 1 unspecified atom stereocenters. The zero-order chi connectivity index (χ0) is 12.4. The van der Waals surface area contributed by atoms with Crippen LogP contribution in [0.25, 0.3) is 0 Å². The van der Waals surface area contributed by atoms with E-state index in [4.69, 9.17) is 5.73 Å². The van der Waals surface area contributed by atoms with Gasteiger partial charge in [-0.05, 0) is 30.1 Å². The standard InChI is InChI=1S/C16H18N2/c17-16-11-10-14-8-4-5-9-15(14)18(16)12-13-6-2-1-3-7-13/h1-4,6-8,10-11,16H,5,9,12,17H2. The lowest BCUT2D eigenvalue weighted by atomic mass is 9.97. The van der Waals surface area contributed by atoms with E-state index < -0.39 is 0 Å². The van der Waals surface area contributed by atoms with Crippen molar-refractivity contribution >= 4 is 0 Å². The van der Waals surface area contributed by atoms with Gasteiger partial charge < -0.3 is 10.6 Å². The van der Waals surface area contributed by atoms with Crippen LogP contribution in [0.4, 0.5) is 0 Å². The molecule has 1 aliphatic heterocycles. The van der Waals surface area contributed by atoms with Gasteiger partial charge in [-0.3, -0.25) is 0 Å². The zero-order valence-corrected chi connectivity index (χ0v) is 10.4. The van der Waals surface area contributed by atoms with Gasteiger partial charge in [0.25, 0.3) is 0 Å². The van der Waals surface area contributed by atoms with Crippen molar-refractivity contribution < 1.29 is 0 Å². The molecule has 1 aromatic rings. The molecule has 1 aliphatic carbocycles. The molecule has 2 heteroatoms. The molecular weight excluding hydrogens is 220 g/mol. The van der Waals surface area contributed by atoms with Crippen LogP contribution >= 0.6 is 0 Å². The smallest absolute Gasteiger partial charge is 0.0965 e. The fourth-order valence-corrected chi connectivity index (χ4v) is 2.60. The highest BCUT2D eigenvalue weighted by Gasteiger charge is 2.22. The van der Waals surface area contributed by atoms with Crippen molar-refractivity contribution in [3.63, 3.8) is 0 Å². The molecule has 1 atom stereocenters. The highest BCUT2D eigenvalue weighted by Crippen LogP contribution is 2.29. The van der Waals surface area contributed by atoms with Crippen molar-refractivity contribution in [2.24, 2.45) is 5.73 Å². The number of benzene rings is 1. The molecular formula is C16H18N2. The Hall–Kier alpha value is -1.80. The molecule has 2 aliphatic rings. The van der Waals surface area contributed by atoms with Crippen molar-refractivity contribution in [1.82, 2.24) is 4.90 Å². The lowest BCUT2D eigenvalue weighted by Gasteiger charge is -2.36. The summed E-state index contributed by atoms with van der Waals surface area (Å²) in [5, 5.41) is 0. The highest BCUT2D eigenvalue weighted by molar-refractivity contribution is 5.41. The quantitative estimate of drug-likeness (QED) is 0.858. The first kappa shape index (κ1) is 11.3. The lowest BCUT2D eigenvalue weighted by molar-refractivity contribution is 0.271. The van der Waals surface area contributed by atoms with Crippen LogP contribution in [0.2, 0.25) is 0 Å². The second kappa shape index (κ2) is 4.83. The summed E-state index contributed by atoms with van der Waals surface area (Å²) >= 11 is 0. The van der Waals surface area contributed by atoms with Gasteiger partial charge in [-0.2, -0.15) is 0 Å². The predicted octanol–water partition coefficient (Wildman–Crippen LogP) is 2.95. The molecule has 0 radical (unpaired) electrons. The number of nitrogens with two attached hydrogens (primary N) is 1.